The maximum atomic E-state index is 11.5. The molecule has 1 aromatic carbocycles. The van der Waals surface area contributed by atoms with E-state index in [1.165, 1.54) is 4.90 Å². The molecular formula is C11H10N2O3. The van der Waals surface area contributed by atoms with Crippen LogP contribution in [0.15, 0.2) is 28.7 Å². The lowest BCUT2D eigenvalue weighted by molar-refractivity contribution is -0.117. The number of hydrogen-bond donors (Lipinski definition) is 1. The number of anilines is 1. The first kappa shape index (κ1) is 9.35. The summed E-state index contributed by atoms with van der Waals surface area (Å²) in [5, 5.41) is 9.37. The summed E-state index contributed by atoms with van der Waals surface area (Å²) >= 11 is 0. The van der Waals surface area contributed by atoms with Gasteiger partial charge >= 0.3 is 6.01 Å². The molecule has 82 valence electrons. The maximum Gasteiger partial charge on any atom is 0.305 e. The molecule has 1 aliphatic heterocycles. The standard InChI is InChI=1S/C11H10N2O3/c14-7-5-10(15)13(6-7)11-12-8-3-1-2-4-9(8)16-11/h1-4,7,14H,5-6H2. The second kappa shape index (κ2) is 3.31. The Hall–Kier alpha value is -1.88. The zero-order valence-corrected chi connectivity index (χ0v) is 8.46. The van der Waals surface area contributed by atoms with Crippen LogP contribution in [0.5, 0.6) is 0 Å². The largest absolute Gasteiger partial charge is 0.423 e. The molecule has 1 N–H and O–H groups in total. The minimum absolute atomic E-state index is 0.138. The number of oxazole rings is 1. The van der Waals surface area contributed by atoms with Crippen molar-refractivity contribution >= 4 is 23.0 Å². The minimum Gasteiger partial charge on any atom is -0.423 e. The van der Waals surface area contributed by atoms with E-state index in [2.05, 4.69) is 4.98 Å². The minimum atomic E-state index is -0.623. The highest BCUT2D eigenvalue weighted by atomic mass is 16.4. The van der Waals surface area contributed by atoms with Gasteiger partial charge in [-0.25, -0.2) is 0 Å². The van der Waals surface area contributed by atoms with Crippen LogP contribution in [0.4, 0.5) is 6.01 Å². The molecule has 1 saturated heterocycles. The second-order valence-electron chi connectivity index (χ2n) is 3.83. The lowest BCUT2D eigenvalue weighted by Crippen LogP contribution is -2.25. The maximum absolute atomic E-state index is 11.5. The van der Waals surface area contributed by atoms with Gasteiger partial charge in [0.15, 0.2) is 5.58 Å². The first-order chi connectivity index (χ1) is 7.74. The van der Waals surface area contributed by atoms with Crippen LogP contribution in [0.25, 0.3) is 11.1 Å². The number of benzene rings is 1. The lowest BCUT2D eigenvalue weighted by Gasteiger charge is -2.08. The van der Waals surface area contributed by atoms with Gasteiger partial charge in [0.25, 0.3) is 0 Å². The van der Waals surface area contributed by atoms with Gasteiger partial charge in [-0.2, -0.15) is 4.98 Å². The van der Waals surface area contributed by atoms with Gasteiger partial charge in [0.2, 0.25) is 5.91 Å². The predicted molar refractivity (Wildman–Crippen MR) is 57.0 cm³/mol. The van der Waals surface area contributed by atoms with E-state index in [9.17, 15) is 9.90 Å². The van der Waals surface area contributed by atoms with Gasteiger partial charge in [0.05, 0.1) is 19.1 Å². The van der Waals surface area contributed by atoms with Gasteiger partial charge in [-0.05, 0) is 12.1 Å². The molecule has 1 aromatic heterocycles. The quantitative estimate of drug-likeness (QED) is 0.773. The van der Waals surface area contributed by atoms with Gasteiger partial charge in [-0.1, -0.05) is 12.1 Å². The van der Waals surface area contributed by atoms with Crippen LogP contribution in [0.3, 0.4) is 0 Å². The number of nitrogens with zero attached hydrogens (tertiary/aromatic N) is 2. The molecule has 1 fully saturated rings. The number of hydrogen-bond acceptors (Lipinski definition) is 4. The number of carbonyl (C=O) groups is 1. The van der Waals surface area contributed by atoms with Crippen molar-refractivity contribution < 1.29 is 14.3 Å². The van der Waals surface area contributed by atoms with E-state index in [-0.39, 0.29) is 24.9 Å². The molecule has 0 aliphatic carbocycles. The molecule has 1 unspecified atom stereocenters. The Bertz CT molecular complexity index is 516. The SMILES string of the molecule is O=C1CC(O)CN1c1nc2ccccc2o1. The Morgan fingerprint density at radius 1 is 1.44 bits per heavy atom. The molecule has 0 saturated carbocycles. The number of amides is 1. The van der Waals surface area contributed by atoms with Crippen LogP contribution < -0.4 is 4.90 Å². The highest BCUT2D eigenvalue weighted by Crippen LogP contribution is 2.25. The van der Waals surface area contributed by atoms with Crippen LogP contribution in [0, 0.1) is 0 Å². The number of aliphatic hydroxyl groups excluding tert-OH is 1. The zero-order chi connectivity index (χ0) is 11.1. The molecule has 0 spiro atoms. The average molecular weight is 218 g/mol. The Balaban J connectivity index is 2.03. The van der Waals surface area contributed by atoms with E-state index in [0.29, 0.717) is 11.1 Å². The summed E-state index contributed by atoms with van der Waals surface area (Å²) < 4.78 is 5.45. The Kier molecular flexibility index (Phi) is 1.94. The number of aromatic nitrogens is 1. The summed E-state index contributed by atoms with van der Waals surface area (Å²) in [4.78, 5) is 17.1. The third-order valence-corrected chi connectivity index (χ3v) is 2.62. The number of aliphatic hydroxyl groups is 1. The van der Waals surface area contributed by atoms with Gasteiger partial charge in [0, 0.05) is 0 Å². The molecule has 0 radical (unpaired) electrons. The average Bonchev–Trinajstić information content (AvgIpc) is 2.81. The highest BCUT2D eigenvalue weighted by molar-refractivity contribution is 5.95. The summed E-state index contributed by atoms with van der Waals surface area (Å²) in [5.74, 6) is -0.154. The molecule has 5 heteroatoms. The summed E-state index contributed by atoms with van der Waals surface area (Å²) in [5.41, 5.74) is 1.36. The van der Waals surface area contributed by atoms with Gasteiger partial charge in [0.1, 0.15) is 5.52 Å². The van der Waals surface area contributed by atoms with Crippen molar-refractivity contribution in [3.05, 3.63) is 24.3 Å². The molecule has 16 heavy (non-hydrogen) atoms. The van der Waals surface area contributed by atoms with Crippen LogP contribution in [0.2, 0.25) is 0 Å². The lowest BCUT2D eigenvalue weighted by atomic mass is 10.3. The molecule has 5 nitrogen and oxygen atoms in total. The number of β-amino-alcohol motifs (C(OH)–C–C–N with tert-alkyl or cyclic N) is 1. The van der Waals surface area contributed by atoms with Crippen molar-refractivity contribution in [2.24, 2.45) is 0 Å². The summed E-state index contributed by atoms with van der Waals surface area (Å²) in [6.45, 7) is 0.256. The Morgan fingerprint density at radius 2 is 2.25 bits per heavy atom. The van der Waals surface area contributed by atoms with Crippen LogP contribution in [-0.2, 0) is 4.79 Å². The molecule has 1 aliphatic rings. The smallest absolute Gasteiger partial charge is 0.305 e. The Labute approximate surface area is 91.3 Å². The normalized spacial score (nSPS) is 20.9. The fraction of sp³-hybridized carbons (Fsp3) is 0.273. The number of carbonyl (C=O) groups excluding carboxylic acids is 1. The van der Waals surface area contributed by atoms with E-state index in [1.54, 1.807) is 6.07 Å². The van der Waals surface area contributed by atoms with Crippen molar-refractivity contribution in [3.8, 4) is 0 Å². The first-order valence-electron chi connectivity index (χ1n) is 5.08. The fourth-order valence-corrected chi connectivity index (χ4v) is 1.85. The Morgan fingerprint density at radius 3 is 2.94 bits per heavy atom. The van der Waals surface area contributed by atoms with E-state index in [4.69, 9.17) is 4.42 Å². The number of rotatable bonds is 1. The van der Waals surface area contributed by atoms with Crippen molar-refractivity contribution in [1.29, 1.82) is 0 Å². The molecule has 1 atom stereocenters. The third kappa shape index (κ3) is 1.37. The van der Waals surface area contributed by atoms with E-state index in [0.717, 1.165) is 0 Å². The van der Waals surface area contributed by atoms with E-state index in [1.807, 2.05) is 18.2 Å². The molecule has 2 heterocycles. The predicted octanol–water partition coefficient (Wildman–Crippen LogP) is 0.925. The number of fused-ring (bicyclic) bond motifs is 1. The van der Waals surface area contributed by atoms with Crippen molar-refractivity contribution in [1.82, 2.24) is 4.98 Å². The second-order valence-corrected chi connectivity index (χ2v) is 3.83. The van der Waals surface area contributed by atoms with Gasteiger partial charge in [-0.3, -0.25) is 9.69 Å². The molecule has 1 amide bonds. The third-order valence-electron chi connectivity index (χ3n) is 2.62. The number of para-hydroxylation sites is 2. The summed E-state index contributed by atoms with van der Waals surface area (Å²) in [6.07, 6.45) is -0.485. The van der Waals surface area contributed by atoms with Crippen LogP contribution >= 0.6 is 0 Å². The highest BCUT2D eigenvalue weighted by Gasteiger charge is 2.32. The van der Waals surface area contributed by atoms with Crippen LogP contribution in [-0.4, -0.2) is 28.6 Å². The molecular weight excluding hydrogens is 208 g/mol. The zero-order valence-electron chi connectivity index (χ0n) is 8.46. The van der Waals surface area contributed by atoms with E-state index < -0.39 is 6.10 Å². The molecule has 2 aromatic rings. The van der Waals surface area contributed by atoms with Crippen LogP contribution in [0.1, 0.15) is 6.42 Å². The van der Waals surface area contributed by atoms with Crippen molar-refractivity contribution in [3.63, 3.8) is 0 Å². The summed E-state index contributed by atoms with van der Waals surface area (Å²) in [7, 11) is 0. The van der Waals surface area contributed by atoms with Crippen molar-refractivity contribution in [2.45, 2.75) is 12.5 Å². The fourth-order valence-electron chi connectivity index (χ4n) is 1.85. The van der Waals surface area contributed by atoms with Gasteiger partial charge < -0.3 is 9.52 Å². The topological polar surface area (TPSA) is 66.6 Å². The molecule has 0 bridgehead atoms. The van der Waals surface area contributed by atoms with E-state index >= 15 is 0 Å². The monoisotopic (exact) mass is 218 g/mol. The molecule has 3 rings (SSSR count). The summed E-state index contributed by atoms with van der Waals surface area (Å²) in [6, 6.07) is 7.58. The van der Waals surface area contributed by atoms with Crippen molar-refractivity contribution in [2.75, 3.05) is 11.4 Å². The van der Waals surface area contributed by atoms with Gasteiger partial charge in [-0.15, -0.1) is 0 Å². The first-order valence-corrected chi connectivity index (χ1v) is 5.08.